The molecule has 8 heteroatoms. The van der Waals surface area contributed by atoms with Gasteiger partial charge in [-0.1, -0.05) is 15.9 Å². The lowest BCUT2D eigenvalue weighted by molar-refractivity contribution is -0.383. The lowest BCUT2D eigenvalue weighted by Crippen LogP contribution is -2.17. The summed E-state index contributed by atoms with van der Waals surface area (Å²) in [6, 6.07) is 11.7. The van der Waals surface area contributed by atoms with Crippen molar-refractivity contribution in [2.24, 2.45) is 5.10 Å². The van der Waals surface area contributed by atoms with Crippen LogP contribution in [0, 0.1) is 17.0 Å². The largest absolute Gasteiger partial charge is 0.448 e. The molecule has 0 saturated carbocycles. The molecule has 0 aliphatic heterocycles. The first-order chi connectivity index (χ1) is 11.9. The summed E-state index contributed by atoms with van der Waals surface area (Å²) in [4.78, 5) is 22.6. The molecule has 0 unspecified atom stereocenters. The van der Waals surface area contributed by atoms with Gasteiger partial charge in [0, 0.05) is 21.5 Å². The monoisotopic (exact) mass is 401 g/mol. The Labute approximate surface area is 150 Å². The molecular formula is C17H12BrN3O4. The van der Waals surface area contributed by atoms with Gasteiger partial charge in [0.15, 0.2) is 0 Å². The minimum Gasteiger partial charge on any atom is -0.448 e. The lowest BCUT2D eigenvalue weighted by atomic mass is 10.1. The first-order valence-corrected chi connectivity index (χ1v) is 8.01. The van der Waals surface area contributed by atoms with Crippen molar-refractivity contribution in [3.63, 3.8) is 0 Å². The Morgan fingerprint density at radius 2 is 2.00 bits per heavy atom. The van der Waals surface area contributed by atoms with Crippen molar-refractivity contribution in [2.45, 2.75) is 6.92 Å². The maximum absolute atomic E-state index is 11.9. The highest BCUT2D eigenvalue weighted by atomic mass is 79.9. The average molecular weight is 402 g/mol. The van der Waals surface area contributed by atoms with Gasteiger partial charge in [-0.15, -0.1) is 0 Å². The highest BCUT2D eigenvalue weighted by molar-refractivity contribution is 9.10. The Bertz CT molecular complexity index is 993. The van der Waals surface area contributed by atoms with Gasteiger partial charge >= 0.3 is 5.69 Å². The van der Waals surface area contributed by atoms with Crippen LogP contribution in [0.25, 0.3) is 11.0 Å². The van der Waals surface area contributed by atoms with Crippen LogP contribution in [0.1, 0.15) is 21.7 Å². The molecule has 0 radical (unpaired) electrons. The van der Waals surface area contributed by atoms with E-state index < -0.39 is 4.92 Å². The molecule has 3 rings (SSSR count). The zero-order chi connectivity index (χ0) is 18.0. The number of hydrogen-bond acceptors (Lipinski definition) is 5. The van der Waals surface area contributed by atoms with E-state index in [4.69, 9.17) is 4.42 Å². The van der Waals surface area contributed by atoms with Gasteiger partial charge in [-0.2, -0.15) is 5.10 Å². The summed E-state index contributed by atoms with van der Waals surface area (Å²) in [5, 5.41) is 15.5. The number of nitrogens with one attached hydrogen (secondary N) is 1. The van der Waals surface area contributed by atoms with Gasteiger partial charge in [0.1, 0.15) is 5.76 Å². The Kier molecular flexibility index (Phi) is 4.62. The number of carbonyl (C=O) groups excluding carboxylic acids is 1. The van der Waals surface area contributed by atoms with Crippen molar-refractivity contribution in [1.29, 1.82) is 0 Å². The Morgan fingerprint density at radius 1 is 1.28 bits per heavy atom. The zero-order valence-electron chi connectivity index (χ0n) is 13.0. The summed E-state index contributed by atoms with van der Waals surface area (Å²) in [7, 11) is 0. The number of nitro groups is 1. The van der Waals surface area contributed by atoms with E-state index in [9.17, 15) is 14.9 Å². The predicted octanol–water partition coefficient (Wildman–Crippen LogP) is 4.18. The molecule has 0 aliphatic carbocycles. The van der Waals surface area contributed by atoms with Crippen molar-refractivity contribution >= 4 is 44.7 Å². The van der Waals surface area contributed by atoms with E-state index in [0.29, 0.717) is 16.7 Å². The number of halogens is 1. The van der Waals surface area contributed by atoms with Gasteiger partial charge in [0.25, 0.3) is 5.91 Å². The number of nitro benzene ring substituents is 1. The van der Waals surface area contributed by atoms with Gasteiger partial charge in [0.2, 0.25) is 5.58 Å². The summed E-state index contributed by atoms with van der Waals surface area (Å²) in [6.45, 7) is 1.77. The van der Waals surface area contributed by atoms with Crippen LogP contribution in [0.5, 0.6) is 0 Å². The summed E-state index contributed by atoms with van der Waals surface area (Å²) in [5.74, 6) is -0.0681. The fourth-order valence-corrected chi connectivity index (χ4v) is 2.58. The Hall–Kier alpha value is -3.00. The predicted molar refractivity (Wildman–Crippen MR) is 96.8 cm³/mol. The molecular weight excluding hydrogens is 390 g/mol. The molecule has 0 fully saturated rings. The maximum Gasteiger partial charge on any atom is 0.312 e. The Morgan fingerprint density at radius 3 is 2.68 bits per heavy atom. The van der Waals surface area contributed by atoms with E-state index >= 15 is 0 Å². The van der Waals surface area contributed by atoms with Crippen LogP contribution < -0.4 is 5.43 Å². The third kappa shape index (κ3) is 3.74. The lowest BCUT2D eigenvalue weighted by Gasteiger charge is -1.99. The summed E-state index contributed by atoms with van der Waals surface area (Å²) in [5.41, 5.74) is 3.67. The zero-order valence-corrected chi connectivity index (χ0v) is 14.6. The summed E-state index contributed by atoms with van der Waals surface area (Å²) in [6.07, 6.45) is 1.30. The van der Waals surface area contributed by atoms with Gasteiger partial charge in [-0.3, -0.25) is 14.9 Å². The number of nitrogens with zero attached hydrogens (tertiary/aromatic N) is 2. The third-order valence-corrected chi connectivity index (χ3v) is 3.95. The molecule has 0 aliphatic rings. The molecule has 0 atom stereocenters. The standard InChI is InChI=1S/C17H12BrN3O4/c1-10-6-12-8-14(25-16(12)15(7-10)21(23)24)9-19-20-17(22)11-2-4-13(18)5-3-11/h2-9H,1H3,(H,20,22)/b19-9+. The van der Waals surface area contributed by atoms with Crippen LogP contribution in [0.4, 0.5) is 5.69 Å². The van der Waals surface area contributed by atoms with Gasteiger partial charge in [0.05, 0.1) is 11.1 Å². The SMILES string of the molecule is Cc1cc([N+](=O)[O-])c2oc(/C=N/NC(=O)c3ccc(Br)cc3)cc2c1. The molecule has 0 bridgehead atoms. The molecule has 1 N–H and O–H groups in total. The second kappa shape index (κ2) is 6.86. The molecule has 1 amide bonds. The maximum atomic E-state index is 11.9. The minimum absolute atomic E-state index is 0.103. The third-order valence-electron chi connectivity index (χ3n) is 3.42. The molecule has 0 spiro atoms. The van der Waals surface area contributed by atoms with Crippen molar-refractivity contribution in [1.82, 2.24) is 5.43 Å². The summed E-state index contributed by atoms with van der Waals surface area (Å²) >= 11 is 3.29. The van der Waals surface area contributed by atoms with E-state index in [1.165, 1.54) is 12.3 Å². The average Bonchev–Trinajstić information content (AvgIpc) is 2.96. The van der Waals surface area contributed by atoms with E-state index in [1.807, 2.05) is 0 Å². The second-order valence-electron chi connectivity index (χ2n) is 5.31. The van der Waals surface area contributed by atoms with E-state index in [1.54, 1.807) is 43.3 Å². The number of rotatable bonds is 4. The number of fused-ring (bicyclic) bond motifs is 1. The Balaban J connectivity index is 1.79. The van der Waals surface area contributed by atoms with Crippen LogP contribution in [0.2, 0.25) is 0 Å². The minimum atomic E-state index is -0.491. The van der Waals surface area contributed by atoms with Crippen molar-refractivity contribution < 1.29 is 14.1 Å². The fraction of sp³-hybridized carbons (Fsp3) is 0.0588. The molecule has 0 saturated heterocycles. The van der Waals surface area contributed by atoms with Crippen LogP contribution in [0.15, 0.2) is 56.5 Å². The van der Waals surface area contributed by atoms with Crippen molar-refractivity contribution in [3.8, 4) is 0 Å². The van der Waals surface area contributed by atoms with Crippen LogP contribution in [-0.4, -0.2) is 17.0 Å². The van der Waals surface area contributed by atoms with Crippen LogP contribution in [0.3, 0.4) is 0 Å². The molecule has 25 heavy (non-hydrogen) atoms. The number of hydrazone groups is 1. The van der Waals surface area contributed by atoms with Gasteiger partial charge < -0.3 is 4.42 Å². The fourth-order valence-electron chi connectivity index (χ4n) is 2.32. The molecule has 1 aromatic heterocycles. The highest BCUT2D eigenvalue weighted by Gasteiger charge is 2.17. The number of hydrogen-bond donors (Lipinski definition) is 1. The quantitative estimate of drug-likeness (QED) is 0.402. The van der Waals surface area contributed by atoms with E-state index in [2.05, 4.69) is 26.5 Å². The number of aryl methyl sites for hydroxylation is 1. The van der Waals surface area contributed by atoms with Crippen molar-refractivity contribution in [2.75, 3.05) is 0 Å². The molecule has 126 valence electrons. The number of carbonyl (C=O) groups is 1. The van der Waals surface area contributed by atoms with E-state index in [0.717, 1.165) is 10.0 Å². The van der Waals surface area contributed by atoms with Gasteiger partial charge in [-0.25, -0.2) is 5.43 Å². The second-order valence-corrected chi connectivity index (χ2v) is 6.23. The first-order valence-electron chi connectivity index (χ1n) is 7.21. The first kappa shape index (κ1) is 16.8. The van der Waals surface area contributed by atoms with E-state index in [-0.39, 0.29) is 17.2 Å². The normalized spacial score (nSPS) is 11.1. The molecule has 1 heterocycles. The number of furan rings is 1. The topological polar surface area (TPSA) is 97.7 Å². The summed E-state index contributed by atoms with van der Waals surface area (Å²) < 4.78 is 6.34. The van der Waals surface area contributed by atoms with Gasteiger partial charge in [-0.05, 0) is 48.9 Å². The van der Waals surface area contributed by atoms with Crippen molar-refractivity contribution in [3.05, 3.63) is 73.9 Å². The number of non-ortho nitro benzene ring substituents is 1. The molecule has 7 nitrogen and oxygen atoms in total. The smallest absolute Gasteiger partial charge is 0.312 e. The molecule has 2 aromatic carbocycles. The number of benzene rings is 2. The number of amides is 1. The highest BCUT2D eigenvalue weighted by Crippen LogP contribution is 2.29. The van der Waals surface area contributed by atoms with Crippen LogP contribution in [-0.2, 0) is 0 Å². The van der Waals surface area contributed by atoms with Crippen LogP contribution >= 0.6 is 15.9 Å². The molecule has 3 aromatic rings.